The lowest BCUT2D eigenvalue weighted by atomic mass is 10.0. The van der Waals surface area contributed by atoms with Crippen LogP contribution in [0, 0.1) is 5.82 Å². The molecule has 2 unspecified atom stereocenters. The van der Waals surface area contributed by atoms with Crippen LogP contribution in [0.1, 0.15) is 16.8 Å². The number of aromatic nitrogens is 4. The number of carbonyl (C=O) groups is 1. The average molecular weight is 383 g/mol. The number of nitrogens with zero attached hydrogens (tertiary/aromatic N) is 3. The smallest absolute Gasteiger partial charge is 0.252 e. The molecule has 0 spiro atoms. The Morgan fingerprint density at radius 1 is 1.25 bits per heavy atom. The fourth-order valence-electron chi connectivity index (χ4n) is 3.11. The molecule has 1 amide bonds. The van der Waals surface area contributed by atoms with Gasteiger partial charge in [0.25, 0.3) is 5.91 Å². The molecule has 2 heterocycles. The molecule has 0 radical (unpaired) electrons. The highest BCUT2D eigenvalue weighted by Crippen LogP contribution is 2.22. The number of hydrogen-bond acceptors (Lipinski definition) is 6. The maximum Gasteiger partial charge on any atom is 0.252 e. The van der Waals surface area contributed by atoms with Crippen LogP contribution >= 0.6 is 0 Å². The molecule has 144 valence electrons. The summed E-state index contributed by atoms with van der Waals surface area (Å²) in [6, 6.07) is 12.5. The van der Waals surface area contributed by atoms with Crippen LogP contribution in [0.25, 0.3) is 11.4 Å². The van der Waals surface area contributed by atoms with Gasteiger partial charge < -0.3 is 14.8 Å². The molecular formula is C19H18FN5O3. The fourth-order valence-corrected chi connectivity index (χ4v) is 3.11. The zero-order valence-electron chi connectivity index (χ0n) is 14.8. The molecule has 2 atom stereocenters. The van der Waals surface area contributed by atoms with Crippen molar-refractivity contribution in [2.24, 2.45) is 0 Å². The molecule has 4 rings (SSSR count). The van der Waals surface area contributed by atoms with Crippen molar-refractivity contribution in [3.8, 4) is 17.1 Å². The summed E-state index contributed by atoms with van der Waals surface area (Å²) >= 11 is 0. The van der Waals surface area contributed by atoms with Gasteiger partial charge in [0, 0.05) is 18.1 Å². The van der Waals surface area contributed by atoms with Crippen molar-refractivity contribution in [3.63, 3.8) is 0 Å². The molecule has 8 nitrogen and oxygen atoms in total. The van der Waals surface area contributed by atoms with Crippen LogP contribution in [0.4, 0.5) is 4.39 Å². The summed E-state index contributed by atoms with van der Waals surface area (Å²) in [6.07, 6.45) is 0.241. The Hall–Kier alpha value is -3.33. The Balaban J connectivity index is 1.51. The van der Waals surface area contributed by atoms with Crippen LogP contribution in [-0.4, -0.2) is 51.9 Å². The number of halogens is 1. The van der Waals surface area contributed by atoms with Gasteiger partial charge in [-0.2, -0.15) is 5.21 Å². The van der Waals surface area contributed by atoms with Crippen LogP contribution in [0.3, 0.4) is 0 Å². The first-order valence-corrected chi connectivity index (χ1v) is 8.84. The fraction of sp³-hybridized carbons (Fsp3) is 0.263. The largest absolute Gasteiger partial charge is 0.488 e. The van der Waals surface area contributed by atoms with Crippen LogP contribution in [0.15, 0.2) is 48.5 Å². The maximum atomic E-state index is 13.4. The number of ether oxygens (including phenoxy) is 2. The minimum Gasteiger partial charge on any atom is -0.488 e. The zero-order chi connectivity index (χ0) is 19.3. The summed E-state index contributed by atoms with van der Waals surface area (Å²) in [7, 11) is 0. The molecule has 1 aliphatic heterocycles. The number of H-pyrrole nitrogens is 1. The molecule has 1 saturated heterocycles. The van der Waals surface area contributed by atoms with Crippen molar-refractivity contribution in [2.45, 2.75) is 18.6 Å². The Kier molecular flexibility index (Phi) is 5.24. The van der Waals surface area contributed by atoms with E-state index < -0.39 is 0 Å². The first-order valence-electron chi connectivity index (χ1n) is 8.84. The number of amides is 1. The second-order valence-corrected chi connectivity index (χ2v) is 6.34. The van der Waals surface area contributed by atoms with Crippen LogP contribution in [0.2, 0.25) is 0 Å². The quantitative estimate of drug-likeness (QED) is 0.698. The average Bonchev–Trinajstić information content (AvgIpc) is 3.24. The van der Waals surface area contributed by atoms with E-state index in [-0.39, 0.29) is 23.9 Å². The van der Waals surface area contributed by atoms with Crippen molar-refractivity contribution in [3.05, 3.63) is 59.9 Å². The summed E-state index contributed by atoms with van der Waals surface area (Å²) in [5.41, 5.74) is 0.979. The van der Waals surface area contributed by atoms with Crippen molar-refractivity contribution >= 4 is 5.91 Å². The maximum absolute atomic E-state index is 13.4. The lowest BCUT2D eigenvalue weighted by Crippen LogP contribution is -2.51. The summed E-state index contributed by atoms with van der Waals surface area (Å²) < 4.78 is 24.9. The number of rotatable bonds is 5. The third kappa shape index (κ3) is 3.99. The molecule has 0 bridgehead atoms. The third-order valence-electron chi connectivity index (χ3n) is 4.45. The number of carbonyl (C=O) groups excluding carboxylic acids is 1. The molecular weight excluding hydrogens is 365 g/mol. The summed E-state index contributed by atoms with van der Waals surface area (Å²) in [6.45, 7) is 0.807. The standard InChI is InChI=1S/C19H18FN5O3/c20-12-4-3-5-13(10-12)28-17-8-9-27-11-16(17)21-19(26)15-7-2-1-6-14(15)18-22-24-25-23-18/h1-7,10,16-17H,8-9,11H2,(H,21,26)(H,22,23,24,25). The molecule has 28 heavy (non-hydrogen) atoms. The van der Waals surface area contributed by atoms with Crippen LogP contribution < -0.4 is 10.1 Å². The van der Waals surface area contributed by atoms with Gasteiger partial charge in [-0.05, 0) is 23.4 Å². The zero-order valence-corrected chi connectivity index (χ0v) is 14.8. The molecule has 1 aliphatic rings. The Bertz CT molecular complexity index is 950. The lowest BCUT2D eigenvalue weighted by molar-refractivity contribution is -0.00296. The van der Waals surface area contributed by atoms with E-state index in [4.69, 9.17) is 9.47 Å². The second-order valence-electron chi connectivity index (χ2n) is 6.34. The minimum atomic E-state index is -0.386. The van der Waals surface area contributed by atoms with E-state index in [2.05, 4.69) is 25.9 Å². The highest BCUT2D eigenvalue weighted by molar-refractivity contribution is 6.00. The molecule has 0 aliphatic carbocycles. The number of hydrogen-bond donors (Lipinski definition) is 2. The molecule has 1 fully saturated rings. The first kappa shape index (κ1) is 18.1. The number of nitrogens with one attached hydrogen (secondary N) is 2. The predicted octanol–water partition coefficient (Wildman–Crippen LogP) is 1.97. The molecule has 2 aromatic carbocycles. The van der Waals surface area contributed by atoms with Crippen LogP contribution in [-0.2, 0) is 4.74 Å². The summed E-state index contributed by atoms with van der Waals surface area (Å²) in [5, 5.41) is 16.8. The van der Waals surface area contributed by atoms with E-state index >= 15 is 0 Å². The summed E-state index contributed by atoms with van der Waals surface area (Å²) in [5.74, 6) is 0.0690. The second kappa shape index (κ2) is 8.13. The number of aromatic amines is 1. The van der Waals surface area contributed by atoms with Gasteiger partial charge in [-0.1, -0.05) is 24.3 Å². The van der Waals surface area contributed by atoms with E-state index in [1.807, 2.05) is 0 Å². The van der Waals surface area contributed by atoms with E-state index in [0.29, 0.717) is 42.3 Å². The van der Waals surface area contributed by atoms with Gasteiger partial charge in [-0.15, -0.1) is 10.2 Å². The normalized spacial score (nSPS) is 19.2. The van der Waals surface area contributed by atoms with E-state index in [1.165, 1.54) is 12.1 Å². The lowest BCUT2D eigenvalue weighted by Gasteiger charge is -2.32. The first-order chi connectivity index (χ1) is 13.7. The van der Waals surface area contributed by atoms with Crippen LogP contribution in [0.5, 0.6) is 5.75 Å². The Morgan fingerprint density at radius 3 is 2.96 bits per heavy atom. The highest BCUT2D eigenvalue weighted by Gasteiger charge is 2.30. The summed E-state index contributed by atoms with van der Waals surface area (Å²) in [4.78, 5) is 12.9. The van der Waals surface area contributed by atoms with Crippen molar-refractivity contribution in [2.75, 3.05) is 13.2 Å². The highest BCUT2D eigenvalue weighted by atomic mass is 19.1. The molecule has 2 N–H and O–H groups in total. The van der Waals surface area contributed by atoms with Crippen molar-refractivity contribution in [1.29, 1.82) is 0 Å². The Morgan fingerprint density at radius 2 is 2.14 bits per heavy atom. The van der Waals surface area contributed by atoms with E-state index in [1.54, 1.807) is 36.4 Å². The van der Waals surface area contributed by atoms with Gasteiger partial charge in [0.1, 0.15) is 17.7 Å². The van der Waals surface area contributed by atoms with Gasteiger partial charge >= 0.3 is 0 Å². The molecule has 3 aromatic rings. The van der Waals surface area contributed by atoms with Gasteiger partial charge in [0.05, 0.1) is 24.8 Å². The minimum absolute atomic E-state index is 0.302. The van der Waals surface area contributed by atoms with Crippen molar-refractivity contribution < 1.29 is 18.7 Å². The van der Waals surface area contributed by atoms with E-state index in [9.17, 15) is 9.18 Å². The number of tetrazole rings is 1. The molecule has 0 saturated carbocycles. The van der Waals surface area contributed by atoms with Crippen molar-refractivity contribution in [1.82, 2.24) is 25.9 Å². The third-order valence-corrected chi connectivity index (χ3v) is 4.45. The van der Waals surface area contributed by atoms with E-state index in [0.717, 1.165) is 0 Å². The van der Waals surface area contributed by atoms with Gasteiger partial charge in [0.2, 0.25) is 5.82 Å². The van der Waals surface area contributed by atoms with Gasteiger partial charge in [-0.25, -0.2) is 4.39 Å². The predicted molar refractivity (Wildman–Crippen MR) is 97.1 cm³/mol. The topological polar surface area (TPSA) is 102 Å². The Labute approximate surface area is 160 Å². The molecule has 1 aromatic heterocycles. The monoisotopic (exact) mass is 383 g/mol. The molecule has 9 heteroatoms. The van der Waals surface area contributed by atoms with Gasteiger partial charge in [-0.3, -0.25) is 4.79 Å². The van der Waals surface area contributed by atoms with Gasteiger partial charge in [0.15, 0.2) is 0 Å². The SMILES string of the molecule is O=C(NC1COCCC1Oc1cccc(F)c1)c1ccccc1-c1nn[nH]n1. The number of benzene rings is 2.